The Kier molecular flexibility index (Phi) is 7.36. The number of amides is 1. The zero-order chi connectivity index (χ0) is 13.2. The maximum atomic E-state index is 12.4. The Hall–Kier alpha value is -0.400. The van der Waals surface area contributed by atoms with E-state index in [-0.39, 0.29) is 30.7 Å². The minimum absolute atomic E-state index is 0. The Labute approximate surface area is 141 Å². The van der Waals surface area contributed by atoms with Crippen molar-refractivity contribution in [2.45, 2.75) is 25.3 Å². The van der Waals surface area contributed by atoms with E-state index in [4.69, 9.17) is 5.73 Å². The van der Waals surface area contributed by atoms with Crippen molar-refractivity contribution < 1.29 is 4.79 Å². The average Bonchev–Trinajstić information content (AvgIpc) is 3.05. The van der Waals surface area contributed by atoms with Crippen LogP contribution in [-0.2, 0) is 6.42 Å². The highest BCUT2D eigenvalue weighted by molar-refractivity contribution is 7.09. The standard InChI is InChI=1S/C13H20N4OS.2ClH/c14-4-3-12-15-11(9-19-12)13(18)17-7-6-16-5-1-2-10(16)8-17;;/h9-10H,1-8,14H2;2*1H. The number of halogens is 2. The van der Waals surface area contributed by atoms with Crippen molar-refractivity contribution in [3.8, 4) is 0 Å². The van der Waals surface area contributed by atoms with Crippen LogP contribution in [0.25, 0.3) is 0 Å². The second-order valence-corrected chi connectivity index (χ2v) is 6.19. The Balaban J connectivity index is 0.00000110. The SMILES string of the molecule is Cl.Cl.NCCc1nc(C(=O)N2CCN3CCCC3C2)cs1. The number of nitrogens with zero attached hydrogens (tertiary/aromatic N) is 3. The van der Waals surface area contributed by atoms with Gasteiger partial charge in [0.15, 0.2) is 0 Å². The Morgan fingerprint density at radius 2 is 2.19 bits per heavy atom. The van der Waals surface area contributed by atoms with Gasteiger partial charge in [-0.25, -0.2) is 4.98 Å². The molecule has 1 aromatic heterocycles. The van der Waals surface area contributed by atoms with Gasteiger partial charge in [0, 0.05) is 37.5 Å². The van der Waals surface area contributed by atoms with Gasteiger partial charge in [-0.15, -0.1) is 36.2 Å². The lowest BCUT2D eigenvalue weighted by molar-refractivity contribution is 0.0566. The molecule has 5 nitrogen and oxygen atoms in total. The summed E-state index contributed by atoms with van der Waals surface area (Å²) in [6, 6.07) is 0.569. The molecule has 8 heteroatoms. The van der Waals surface area contributed by atoms with Crippen LogP contribution in [0.3, 0.4) is 0 Å². The first kappa shape index (κ1) is 18.6. The molecular formula is C13H22Cl2N4OS. The molecule has 0 aliphatic carbocycles. The second kappa shape index (κ2) is 8.29. The lowest BCUT2D eigenvalue weighted by Gasteiger charge is -2.37. The fraction of sp³-hybridized carbons (Fsp3) is 0.692. The van der Waals surface area contributed by atoms with Crippen LogP contribution in [-0.4, -0.2) is 59.5 Å². The number of nitrogens with two attached hydrogens (primary N) is 1. The van der Waals surface area contributed by atoms with E-state index >= 15 is 0 Å². The monoisotopic (exact) mass is 352 g/mol. The molecule has 1 atom stereocenters. The molecule has 0 saturated carbocycles. The first-order valence-electron chi connectivity index (χ1n) is 6.95. The quantitative estimate of drug-likeness (QED) is 0.893. The van der Waals surface area contributed by atoms with Crippen LogP contribution in [0.5, 0.6) is 0 Å². The van der Waals surface area contributed by atoms with Gasteiger partial charge >= 0.3 is 0 Å². The Bertz CT molecular complexity index is 471. The molecule has 2 fully saturated rings. The van der Waals surface area contributed by atoms with Gasteiger partial charge in [0.2, 0.25) is 0 Å². The maximum Gasteiger partial charge on any atom is 0.273 e. The molecule has 2 saturated heterocycles. The van der Waals surface area contributed by atoms with Crippen molar-refractivity contribution in [3.63, 3.8) is 0 Å². The highest BCUT2D eigenvalue weighted by Crippen LogP contribution is 2.22. The van der Waals surface area contributed by atoms with Crippen LogP contribution in [0.15, 0.2) is 5.38 Å². The molecule has 3 heterocycles. The molecular weight excluding hydrogens is 331 g/mol. The van der Waals surface area contributed by atoms with Crippen LogP contribution in [0.2, 0.25) is 0 Å². The van der Waals surface area contributed by atoms with Crippen molar-refractivity contribution in [2.24, 2.45) is 5.73 Å². The number of aromatic nitrogens is 1. The molecule has 1 unspecified atom stereocenters. The van der Waals surface area contributed by atoms with Gasteiger partial charge in [0.05, 0.1) is 5.01 Å². The highest BCUT2D eigenvalue weighted by atomic mass is 35.5. The van der Waals surface area contributed by atoms with Crippen molar-refractivity contribution >= 4 is 42.1 Å². The first-order chi connectivity index (χ1) is 9.28. The number of thiazole rings is 1. The van der Waals surface area contributed by atoms with Gasteiger partial charge in [-0.3, -0.25) is 9.69 Å². The molecule has 0 aromatic carbocycles. The third kappa shape index (κ3) is 4.07. The summed E-state index contributed by atoms with van der Waals surface area (Å²) in [5, 5.41) is 2.83. The Morgan fingerprint density at radius 1 is 1.38 bits per heavy atom. The number of carbonyl (C=O) groups is 1. The summed E-state index contributed by atoms with van der Waals surface area (Å²) < 4.78 is 0. The summed E-state index contributed by atoms with van der Waals surface area (Å²) in [5.74, 6) is 0.0890. The van der Waals surface area contributed by atoms with E-state index in [1.165, 1.54) is 30.7 Å². The summed E-state index contributed by atoms with van der Waals surface area (Å²) in [6.07, 6.45) is 3.25. The predicted octanol–water partition coefficient (Wildman–Crippen LogP) is 1.41. The molecule has 2 aliphatic rings. The van der Waals surface area contributed by atoms with Crippen LogP contribution in [0.1, 0.15) is 28.3 Å². The zero-order valence-electron chi connectivity index (χ0n) is 11.9. The molecule has 1 amide bonds. The number of fused-ring (bicyclic) bond motifs is 1. The second-order valence-electron chi connectivity index (χ2n) is 5.25. The van der Waals surface area contributed by atoms with Crippen LogP contribution < -0.4 is 5.73 Å². The van der Waals surface area contributed by atoms with E-state index in [0.29, 0.717) is 18.3 Å². The van der Waals surface area contributed by atoms with Gasteiger partial charge in [0.25, 0.3) is 5.91 Å². The zero-order valence-corrected chi connectivity index (χ0v) is 14.3. The van der Waals surface area contributed by atoms with Crippen molar-refractivity contribution in [3.05, 3.63) is 16.1 Å². The van der Waals surface area contributed by atoms with E-state index in [1.54, 1.807) is 0 Å². The molecule has 2 aliphatic heterocycles. The van der Waals surface area contributed by atoms with Crippen LogP contribution in [0, 0.1) is 0 Å². The fourth-order valence-electron chi connectivity index (χ4n) is 2.98. The van der Waals surface area contributed by atoms with Gasteiger partial charge in [-0.2, -0.15) is 0 Å². The minimum Gasteiger partial charge on any atom is -0.334 e. The van der Waals surface area contributed by atoms with Crippen LogP contribution in [0.4, 0.5) is 0 Å². The number of piperazine rings is 1. The van der Waals surface area contributed by atoms with Gasteiger partial charge in [-0.05, 0) is 25.9 Å². The van der Waals surface area contributed by atoms with Gasteiger partial charge in [-0.1, -0.05) is 0 Å². The molecule has 120 valence electrons. The van der Waals surface area contributed by atoms with Crippen molar-refractivity contribution in [2.75, 3.05) is 32.7 Å². The minimum atomic E-state index is 0. The van der Waals surface area contributed by atoms with E-state index in [1.807, 2.05) is 10.3 Å². The molecule has 3 rings (SSSR count). The third-order valence-electron chi connectivity index (χ3n) is 4.00. The van der Waals surface area contributed by atoms with Crippen molar-refractivity contribution in [1.82, 2.24) is 14.8 Å². The van der Waals surface area contributed by atoms with E-state index < -0.39 is 0 Å². The lowest BCUT2D eigenvalue weighted by Crippen LogP contribution is -2.52. The summed E-state index contributed by atoms with van der Waals surface area (Å²) in [5.41, 5.74) is 6.11. The highest BCUT2D eigenvalue weighted by Gasteiger charge is 2.33. The average molecular weight is 353 g/mol. The van der Waals surface area contributed by atoms with E-state index in [2.05, 4.69) is 9.88 Å². The summed E-state index contributed by atoms with van der Waals surface area (Å²) in [7, 11) is 0. The smallest absolute Gasteiger partial charge is 0.273 e. The topological polar surface area (TPSA) is 62.5 Å². The largest absolute Gasteiger partial charge is 0.334 e. The molecule has 1 aromatic rings. The van der Waals surface area contributed by atoms with Crippen LogP contribution >= 0.6 is 36.2 Å². The maximum absolute atomic E-state index is 12.4. The summed E-state index contributed by atoms with van der Waals surface area (Å²) in [6.45, 7) is 4.49. The molecule has 0 spiro atoms. The molecule has 2 N–H and O–H groups in total. The normalized spacial score (nSPS) is 21.4. The number of hydrogen-bond acceptors (Lipinski definition) is 5. The molecule has 0 radical (unpaired) electrons. The molecule has 21 heavy (non-hydrogen) atoms. The summed E-state index contributed by atoms with van der Waals surface area (Å²) in [4.78, 5) is 21.3. The van der Waals surface area contributed by atoms with E-state index in [0.717, 1.165) is 31.1 Å². The number of hydrogen-bond donors (Lipinski definition) is 1. The lowest BCUT2D eigenvalue weighted by atomic mass is 10.1. The third-order valence-corrected chi connectivity index (χ3v) is 4.91. The first-order valence-corrected chi connectivity index (χ1v) is 7.83. The Morgan fingerprint density at radius 3 is 2.95 bits per heavy atom. The fourth-order valence-corrected chi connectivity index (χ4v) is 3.77. The number of rotatable bonds is 3. The number of carbonyl (C=O) groups excluding carboxylic acids is 1. The predicted molar refractivity (Wildman–Crippen MR) is 89.9 cm³/mol. The van der Waals surface area contributed by atoms with E-state index in [9.17, 15) is 4.79 Å². The van der Waals surface area contributed by atoms with Crippen molar-refractivity contribution in [1.29, 1.82) is 0 Å². The van der Waals surface area contributed by atoms with Gasteiger partial charge < -0.3 is 10.6 Å². The van der Waals surface area contributed by atoms with Gasteiger partial charge in [0.1, 0.15) is 5.69 Å². The molecule has 0 bridgehead atoms. The summed E-state index contributed by atoms with van der Waals surface area (Å²) >= 11 is 1.54.